The molecule has 0 radical (unpaired) electrons. The highest BCUT2D eigenvalue weighted by atomic mass is 32.2. The third-order valence-electron chi connectivity index (χ3n) is 7.60. The molecule has 0 aromatic heterocycles. The lowest BCUT2D eigenvalue weighted by Crippen LogP contribution is -2.42. The fourth-order valence-corrected chi connectivity index (χ4v) is 5.91. The van der Waals surface area contributed by atoms with E-state index in [0.717, 1.165) is 47.4 Å². The molecule has 2 aromatic carbocycles. The van der Waals surface area contributed by atoms with E-state index in [0.29, 0.717) is 12.1 Å². The minimum absolute atomic E-state index is 0.198. The number of nitrogens with zero attached hydrogens (tertiary/aromatic N) is 2. The van der Waals surface area contributed by atoms with Gasteiger partial charge >= 0.3 is 5.97 Å². The lowest BCUT2D eigenvalue weighted by Gasteiger charge is -2.31. The Balaban J connectivity index is 1.87. The number of benzene rings is 2. The SMILES string of the molecule is Cc1ccccc1-c1cc(CN(CCC2CCCCC2)N(C)C)ccc1C(=O)NC(CCS(C)(=O)=O)C(=O)O. The molecule has 2 aromatic rings. The number of hydrazine groups is 1. The van der Waals surface area contributed by atoms with E-state index in [4.69, 9.17) is 0 Å². The summed E-state index contributed by atoms with van der Waals surface area (Å²) >= 11 is 0. The van der Waals surface area contributed by atoms with Crippen LogP contribution in [0, 0.1) is 12.8 Å². The van der Waals surface area contributed by atoms with Crippen molar-refractivity contribution in [2.75, 3.05) is 32.6 Å². The Hall–Kier alpha value is -2.75. The van der Waals surface area contributed by atoms with Crippen LogP contribution in [0.1, 0.15) is 66.4 Å². The first-order chi connectivity index (χ1) is 18.4. The predicted molar refractivity (Wildman–Crippen MR) is 155 cm³/mol. The summed E-state index contributed by atoms with van der Waals surface area (Å²) in [6.45, 7) is 3.62. The molecule has 1 amide bonds. The molecule has 9 heteroatoms. The second-order valence-electron chi connectivity index (χ2n) is 11.0. The first-order valence-corrected chi connectivity index (χ1v) is 15.8. The maximum Gasteiger partial charge on any atom is 0.326 e. The molecular weight excluding hydrogens is 514 g/mol. The van der Waals surface area contributed by atoms with Crippen molar-refractivity contribution in [1.29, 1.82) is 0 Å². The number of amides is 1. The van der Waals surface area contributed by atoms with Crippen molar-refractivity contribution in [2.45, 2.75) is 64.5 Å². The predicted octanol–water partition coefficient (Wildman–Crippen LogP) is 4.53. The Morgan fingerprint density at radius 2 is 1.74 bits per heavy atom. The molecule has 0 saturated heterocycles. The van der Waals surface area contributed by atoms with Gasteiger partial charge in [0, 0.05) is 39.0 Å². The third-order valence-corrected chi connectivity index (χ3v) is 8.57. The minimum atomic E-state index is -3.37. The molecule has 3 rings (SSSR count). The van der Waals surface area contributed by atoms with Gasteiger partial charge in [-0.2, -0.15) is 0 Å². The van der Waals surface area contributed by atoms with E-state index >= 15 is 0 Å². The number of carboxylic acid groups (broad SMARTS) is 1. The normalized spacial score (nSPS) is 15.4. The molecule has 1 saturated carbocycles. The lowest BCUT2D eigenvalue weighted by atomic mass is 9.87. The fourth-order valence-electron chi connectivity index (χ4n) is 5.25. The van der Waals surface area contributed by atoms with Gasteiger partial charge in [-0.1, -0.05) is 62.4 Å². The van der Waals surface area contributed by atoms with E-state index < -0.39 is 27.8 Å². The Bertz CT molecular complexity index is 1240. The lowest BCUT2D eigenvalue weighted by molar-refractivity contribution is -0.139. The van der Waals surface area contributed by atoms with Crippen LogP contribution < -0.4 is 5.32 Å². The standard InChI is InChI=1S/C30H43N3O5S/c1-22-10-8-9-13-25(22)27-20-24(21-33(32(2)3)18-16-23-11-6-5-7-12-23)14-15-26(27)29(34)31-28(30(35)36)17-19-39(4,37)38/h8-10,13-15,20,23,28H,5-7,11-12,16-19,21H2,1-4H3,(H,31,34)(H,35,36). The highest BCUT2D eigenvalue weighted by Gasteiger charge is 2.25. The van der Waals surface area contributed by atoms with E-state index in [1.807, 2.05) is 57.4 Å². The van der Waals surface area contributed by atoms with Crippen molar-refractivity contribution in [3.63, 3.8) is 0 Å². The number of carbonyl (C=O) groups is 2. The van der Waals surface area contributed by atoms with Gasteiger partial charge in [-0.15, -0.1) is 0 Å². The average molecular weight is 558 g/mol. The Morgan fingerprint density at radius 3 is 2.36 bits per heavy atom. The highest BCUT2D eigenvalue weighted by Crippen LogP contribution is 2.30. The molecule has 1 aliphatic rings. The first kappa shape index (κ1) is 30.8. The number of carboxylic acids is 1. The summed E-state index contributed by atoms with van der Waals surface area (Å²) in [5.41, 5.74) is 4.02. The molecule has 39 heavy (non-hydrogen) atoms. The molecule has 0 heterocycles. The van der Waals surface area contributed by atoms with Crippen LogP contribution in [0.3, 0.4) is 0 Å². The largest absolute Gasteiger partial charge is 0.480 e. The summed E-state index contributed by atoms with van der Waals surface area (Å²) in [6.07, 6.45) is 8.63. The van der Waals surface area contributed by atoms with Crippen LogP contribution in [0.2, 0.25) is 0 Å². The molecule has 0 bridgehead atoms. The smallest absolute Gasteiger partial charge is 0.326 e. The second kappa shape index (κ2) is 14.1. The number of nitrogens with one attached hydrogen (secondary N) is 1. The van der Waals surface area contributed by atoms with E-state index in [1.54, 1.807) is 6.07 Å². The van der Waals surface area contributed by atoms with Crippen molar-refractivity contribution in [3.8, 4) is 11.1 Å². The monoisotopic (exact) mass is 557 g/mol. The number of hydrogen-bond acceptors (Lipinski definition) is 6. The molecule has 1 fully saturated rings. The molecule has 1 aliphatic carbocycles. The highest BCUT2D eigenvalue weighted by molar-refractivity contribution is 7.90. The van der Waals surface area contributed by atoms with Crippen LogP contribution >= 0.6 is 0 Å². The molecule has 0 spiro atoms. The van der Waals surface area contributed by atoms with E-state index in [-0.39, 0.29) is 12.2 Å². The first-order valence-electron chi connectivity index (χ1n) is 13.8. The number of carbonyl (C=O) groups excluding carboxylic acids is 1. The summed E-state index contributed by atoms with van der Waals surface area (Å²) in [4.78, 5) is 25.2. The van der Waals surface area contributed by atoms with Gasteiger partial charge in [0.25, 0.3) is 5.91 Å². The van der Waals surface area contributed by atoms with E-state index in [1.165, 1.54) is 32.1 Å². The molecule has 1 unspecified atom stereocenters. The van der Waals surface area contributed by atoms with Crippen LogP contribution in [0.15, 0.2) is 42.5 Å². The summed E-state index contributed by atoms with van der Waals surface area (Å²) < 4.78 is 23.2. The van der Waals surface area contributed by atoms with Crippen LogP contribution in [0.4, 0.5) is 0 Å². The number of sulfone groups is 1. The zero-order chi connectivity index (χ0) is 28.6. The molecule has 8 nitrogen and oxygen atoms in total. The van der Waals surface area contributed by atoms with Crippen LogP contribution in [0.25, 0.3) is 11.1 Å². The Kier molecular flexibility index (Phi) is 11.1. The van der Waals surface area contributed by atoms with Crippen LogP contribution in [-0.2, 0) is 21.2 Å². The summed E-state index contributed by atoms with van der Waals surface area (Å²) in [7, 11) is 0.728. The quantitative estimate of drug-likeness (QED) is 0.349. The Labute approximate surface area is 233 Å². The van der Waals surface area contributed by atoms with E-state index in [2.05, 4.69) is 15.3 Å². The molecule has 2 N–H and O–H groups in total. The van der Waals surface area contributed by atoms with Gasteiger partial charge in [-0.25, -0.2) is 23.2 Å². The number of aryl methyl sites for hydroxylation is 1. The van der Waals surface area contributed by atoms with Crippen molar-refractivity contribution in [3.05, 3.63) is 59.2 Å². The van der Waals surface area contributed by atoms with Gasteiger partial charge in [0.15, 0.2) is 0 Å². The molecule has 214 valence electrons. The summed E-state index contributed by atoms with van der Waals surface area (Å²) in [5.74, 6) is -1.35. The summed E-state index contributed by atoms with van der Waals surface area (Å²) in [6, 6.07) is 12.2. The zero-order valence-corrected chi connectivity index (χ0v) is 24.5. The minimum Gasteiger partial charge on any atom is -0.480 e. The number of rotatable bonds is 13. The Morgan fingerprint density at radius 1 is 1.05 bits per heavy atom. The average Bonchev–Trinajstić information content (AvgIpc) is 2.88. The van der Waals surface area contributed by atoms with Crippen molar-refractivity contribution < 1.29 is 23.1 Å². The van der Waals surface area contributed by atoms with Gasteiger partial charge in [-0.3, -0.25) is 4.79 Å². The van der Waals surface area contributed by atoms with Gasteiger partial charge in [0.2, 0.25) is 0 Å². The van der Waals surface area contributed by atoms with E-state index in [9.17, 15) is 23.1 Å². The summed E-state index contributed by atoms with van der Waals surface area (Å²) in [5, 5.41) is 16.6. The number of aliphatic carboxylic acids is 1. The third kappa shape index (κ3) is 9.44. The zero-order valence-electron chi connectivity index (χ0n) is 23.7. The van der Waals surface area contributed by atoms with Crippen molar-refractivity contribution in [2.24, 2.45) is 5.92 Å². The maximum absolute atomic E-state index is 13.4. The molecule has 0 aliphatic heterocycles. The number of hydrogen-bond donors (Lipinski definition) is 2. The van der Waals surface area contributed by atoms with Gasteiger partial charge < -0.3 is 10.4 Å². The molecule has 1 atom stereocenters. The van der Waals surface area contributed by atoms with Gasteiger partial charge in [-0.05, 0) is 60.1 Å². The van der Waals surface area contributed by atoms with Crippen molar-refractivity contribution >= 4 is 21.7 Å². The second-order valence-corrected chi connectivity index (χ2v) is 13.3. The van der Waals surface area contributed by atoms with Crippen molar-refractivity contribution in [1.82, 2.24) is 15.3 Å². The topological polar surface area (TPSA) is 107 Å². The van der Waals surface area contributed by atoms with Crippen LogP contribution in [-0.4, -0.2) is 74.1 Å². The van der Waals surface area contributed by atoms with Crippen LogP contribution in [0.5, 0.6) is 0 Å². The van der Waals surface area contributed by atoms with Gasteiger partial charge in [0.05, 0.1) is 5.75 Å². The van der Waals surface area contributed by atoms with Gasteiger partial charge in [0.1, 0.15) is 15.9 Å². The maximum atomic E-state index is 13.4. The molecular formula is C30H43N3O5S. The fraction of sp³-hybridized carbons (Fsp3) is 0.533.